The van der Waals surface area contributed by atoms with Gasteiger partial charge < -0.3 is 15.0 Å². The molecule has 0 aliphatic carbocycles. The number of aromatic nitrogens is 1. The monoisotopic (exact) mass is 249 g/mol. The highest BCUT2D eigenvalue weighted by molar-refractivity contribution is 5.58. The number of nitrogens with zero attached hydrogens (tertiary/aromatic N) is 2. The van der Waals surface area contributed by atoms with E-state index in [9.17, 15) is 0 Å². The fraction of sp³-hybridized carbons (Fsp3) is 0.643. The summed E-state index contributed by atoms with van der Waals surface area (Å²) in [7, 11) is 3.74. The van der Waals surface area contributed by atoms with E-state index in [-0.39, 0.29) is 0 Å². The largest absolute Gasteiger partial charge is 0.493 e. The van der Waals surface area contributed by atoms with E-state index in [1.807, 2.05) is 20.2 Å². The van der Waals surface area contributed by atoms with Crippen molar-refractivity contribution >= 4 is 5.69 Å². The number of aryl methyl sites for hydroxylation is 1. The lowest BCUT2D eigenvalue weighted by Crippen LogP contribution is -2.36. The Bertz CT molecular complexity index is 387. The summed E-state index contributed by atoms with van der Waals surface area (Å²) in [4.78, 5) is 6.70. The number of hydrogen-bond acceptors (Lipinski definition) is 4. The van der Waals surface area contributed by atoms with E-state index in [2.05, 4.69) is 21.3 Å². The second-order valence-electron chi connectivity index (χ2n) is 4.99. The summed E-state index contributed by atoms with van der Waals surface area (Å²) < 4.78 is 5.41. The van der Waals surface area contributed by atoms with Crippen LogP contribution in [-0.4, -0.2) is 38.8 Å². The lowest BCUT2D eigenvalue weighted by atomic mass is 9.96. The minimum absolute atomic E-state index is 0.806. The molecule has 0 amide bonds. The van der Waals surface area contributed by atoms with Crippen LogP contribution in [0.4, 0.5) is 5.69 Å². The first-order valence-electron chi connectivity index (χ1n) is 6.64. The van der Waals surface area contributed by atoms with Crippen LogP contribution in [-0.2, 0) is 0 Å². The molecule has 18 heavy (non-hydrogen) atoms. The number of pyridine rings is 1. The first-order valence-corrected chi connectivity index (χ1v) is 6.64. The average Bonchev–Trinajstić information content (AvgIpc) is 2.40. The molecule has 1 aliphatic rings. The van der Waals surface area contributed by atoms with Crippen molar-refractivity contribution in [2.75, 3.05) is 38.7 Å². The molecule has 2 rings (SSSR count). The molecule has 4 heteroatoms. The summed E-state index contributed by atoms with van der Waals surface area (Å²) in [6.07, 6.45) is 4.31. The minimum atomic E-state index is 0.806. The van der Waals surface area contributed by atoms with E-state index in [1.165, 1.54) is 18.5 Å². The Balaban J connectivity index is 2.06. The smallest absolute Gasteiger partial charge is 0.160 e. The second kappa shape index (κ2) is 6.05. The highest BCUT2D eigenvalue weighted by Crippen LogP contribution is 2.31. The summed E-state index contributed by atoms with van der Waals surface area (Å²) in [5, 5.41) is 3.27. The zero-order chi connectivity index (χ0) is 13.0. The van der Waals surface area contributed by atoms with Crippen molar-refractivity contribution in [2.24, 2.45) is 5.92 Å². The maximum atomic E-state index is 5.41. The fourth-order valence-electron chi connectivity index (χ4n) is 2.60. The van der Waals surface area contributed by atoms with Crippen LogP contribution in [0.25, 0.3) is 0 Å². The highest BCUT2D eigenvalue weighted by atomic mass is 16.5. The van der Waals surface area contributed by atoms with Crippen molar-refractivity contribution in [3.8, 4) is 5.75 Å². The predicted molar refractivity (Wildman–Crippen MR) is 74.4 cm³/mol. The van der Waals surface area contributed by atoms with Crippen molar-refractivity contribution in [3.63, 3.8) is 0 Å². The zero-order valence-electron chi connectivity index (χ0n) is 11.6. The Morgan fingerprint density at radius 1 is 1.44 bits per heavy atom. The van der Waals surface area contributed by atoms with Gasteiger partial charge in [0.05, 0.1) is 19.0 Å². The first-order chi connectivity index (χ1) is 8.74. The third-order valence-corrected chi connectivity index (χ3v) is 3.65. The predicted octanol–water partition coefficient (Wildman–Crippen LogP) is 1.83. The number of anilines is 1. The maximum Gasteiger partial charge on any atom is 0.160 e. The van der Waals surface area contributed by atoms with Crippen molar-refractivity contribution in [3.05, 3.63) is 18.0 Å². The normalized spacial score (nSPS) is 16.9. The van der Waals surface area contributed by atoms with Gasteiger partial charge in [0.2, 0.25) is 0 Å². The van der Waals surface area contributed by atoms with E-state index < -0.39 is 0 Å². The summed E-state index contributed by atoms with van der Waals surface area (Å²) in [6, 6.07) is 2.12. The Hall–Kier alpha value is -1.29. The van der Waals surface area contributed by atoms with Gasteiger partial charge in [-0.25, -0.2) is 0 Å². The average molecular weight is 249 g/mol. The zero-order valence-corrected chi connectivity index (χ0v) is 11.6. The van der Waals surface area contributed by atoms with Crippen molar-refractivity contribution in [1.29, 1.82) is 0 Å². The molecule has 0 bridgehead atoms. The topological polar surface area (TPSA) is 37.4 Å². The van der Waals surface area contributed by atoms with E-state index in [4.69, 9.17) is 4.74 Å². The summed E-state index contributed by atoms with van der Waals surface area (Å²) in [5.74, 6) is 1.69. The highest BCUT2D eigenvalue weighted by Gasteiger charge is 2.21. The molecule has 1 N–H and O–H groups in total. The Morgan fingerprint density at radius 2 is 2.17 bits per heavy atom. The van der Waals surface area contributed by atoms with Gasteiger partial charge >= 0.3 is 0 Å². The van der Waals surface area contributed by atoms with Gasteiger partial charge in [0, 0.05) is 18.8 Å². The standard InChI is InChI=1S/C14H23N3O/c1-11-8-13(14(18-3)10-16-11)17-6-4-12(5-7-17)9-15-2/h8,10,12,15H,4-7,9H2,1-3H3. The van der Waals surface area contributed by atoms with Crippen LogP contribution in [0, 0.1) is 12.8 Å². The number of rotatable bonds is 4. The third-order valence-electron chi connectivity index (χ3n) is 3.65. The van der Waals surface area contributed by atoms with Crippen LogP contribution in [0.1, 0.15) is 18.5 Å². The van der Waals surface area contributed by atoms with Gasteiger partial charge in [0.25, 0.3) is 0 Å². The molecule has 1 saturated heterocycles. The molecular weight excluding hydrogens is 226 g/mol. The van der Waals surface area contributed by atoms with Crippen LogP contribution in [0.2, 0.25) is 0 Å². The third kappa shape index (κ3) is 2.93. The molecule has 0 radical (unpaired) electrons. The SMILES string of the molecule is CNCC1CCN(c2cc(C)ncc2OC)CC1. The summed E-state index contributed by atoms with van der Waals surface area (Å²) in [6.45, 7) is 5.36. The van der Waals surface area contributed by atoms with Crippen molar-refractivity contribution in [1.82, 2.24) is 10.3 Å². The summed E-state index contributed by atoms with van der Waals surface area (Å²) in [5.41, 5.74) is 2.23. The Kier molecular flexibility index (Phi) is 4.42. The van der Waals surface area contributed by atoms with Crippen molar-refractivity contribution in [2.45, 2.75) is 19.8 Å². The number of piperidine rings is 1. The van der Waals surface area contributed by atoms with Gasteiger partial charge in [0.15, 0.2) is 5.75 Å². The summed E-state index contributed by atoms with van der Waals surface area (Å²) >= 11 is 0. The Morgan fingerprint density at radius 3 is 2.78 bits per heavy atom. The molecule has 1 fully saturated rings. The molecule has 4 nitrogen and oxygen atoms in total. The molecule has 0 atom stereocenters. The first kappa shape index (κ1) is 13.1. The maximum absolute atomic E-state index is 5.41. The van der Waals surface area contributed by atoms with Gasteiger partial charge in [-0.3, -0.25) is 4.98 Å². The van der Waals surface area contributed by atoms with Crippen LogP contribution < -0.4 is 15.0 Å². The number of methoxy groups -OCH3 is 1. The number of hydrogen-bond donors (Lipinski definition) is 1. The molecule has 1 aromatic heterocycles. The van der Waals surface area contributed by atoms with Gasteiger partial charge in [-0.1, -0.05) is 0 Å². The Labute approximate surface area is 109 Å². The number of nitrogens with one attached hydrogen (secondary N) is 1. The lowest BCUT2D eigenvalue weighted by Gasteiger charge is -2.34. The molecule has 1 aromatic rings. The number of ether oxygens (including phenoxy) is 1. The quantitative estimate of drug-likeness (QED) is 0.883. The van der Waals surface area contributed by atoms with Gasteiger partial charge in [-0.05, 0) is 45.3 Å². The van der Waals surface area contributed by atoms with Crippen LogP contribution in [0.15, 0.2) is 12.3 Å². The van der Waals surface area contributed by atoms with Gasteiger partial charge in [-0.15, -0.1) is 0 Å². The van der Waals surface area contributed by atoms with Gasteiger partial charge in [0.1, 0.15) is 0 Å². The molecule has 2 heterocycles. The van der Waals surface area contributed by atoms with E-state index in [0.717, 1.165) is 37.0 Å². The van der Waals surface area contributed by atoms with Crippen LogP contribution in [0.3, 0.4) is 0 Å². The molecule has 1 aliphatic heterocycles. The van der Waals surface area contributed by atoms with Gasteiger partial charge in [-0.2, -0.15) is 0 Å². The molecule has 0 aromatic carbocycles. The van der Waals surface area contributed by atoms with E-state index in [0.29, 0.717) is 0 Å². The molecule has 0 saturated carbocycles. The molecular formula is C14H23N3O. The fourth-order valence-corrected chi connectivity index (χ4v) is 2.60. The molecule has 0 unspecified atom stereocenters. The lowest BCUT2D eigenvalue weighted by molar-refractivity contribution is 0.383. The van der Waals surface area contributed by atoms with Crippen LogP contribution in [0.5, 0.6) is 5.75 Å². The van der Waals surface area contributed by atoms with E-state index >= 15 is 0 Å². The van der Waals surface area contributed by atoms with E-state index in [1.54, 1.807) is 7.11 Å². The minimum Gasteiger partial charge on any atom is -0.493 e. The second-order valence-corrected chi connectivity index (χ2v) is 4.99. The van der Waals surface area contributed by atoms with Crippen LogP contribution >= 0.6 is 0 Å². The molecule has 100 valence electrons. The molecule has 0 spiro atoms. The van der Waals surface area contributed by atoms with Crippen molar-refractivity contribution < 1.29 is 4.74 Å².